The van der Waals surface area contributed by atoms with E-state index in [1.165, 1.54) is 40.3 Å². The molecule has 0 fully saturated rings. The molecule has 0 unspecified atom stereocenters. The Labute approximate surface area is 223 Å². The largest absolute Gasteiger partial charge is 0.478 e. The van der Waals surface area contributed by atoms with Crippen LogP contribution < -0.4 is 9.64 Å². The minimum absolute atomic E-state index is 0.0989. The molecule has 0 bridgehead atoms. The molecule has 0 aliphatic carbocycles. The van der Waals surface area contributed by atoms with Gasteiger partial charge in [-0.2, -0.15) is 0 Å². The summed E-state index contributed by atoms with van der Waals surface area (Å²) in [5, 5.41) is 10.8. The van der Waals surface area contributed by atoms with Crippen molar-refractivity contribution in [3.8, 4) is 5.75 Å². The third kappa shape index (κ3) is 4.84. The Morgan fingerprint density at radius 1 is 1.08 bits per heavy atom. The molecule has 198 valence electrons. The summed E-state index contributed by atoms with van der Waals surface area (Å²) in [4.78, 5) is 48.1. The fourth-order valence-electron chi connectivity index (χ4n) is 4.81. The summed E-state index contributed by atoms with van der Waals surface area (Å²) in [5.74, 6) is -1.86. The number of aromatic amines is 1. The molecular weight excluding hydrogens is 503 g/mol. The lowest BCUT2D eigenvalue weighted by Gasteiger charge is -2.29. The lowest BCUT2D eigenvalue weighted by Crippen LogP contribution is -2.36. The number of pyridine rings is 1. The van der Waals surface area contributed by atoms with Crippen molar-refractivity contribution in [3.05, 3.63) is 95.8 Å². The van der Waals surface area contributed by atoms with Crippen LogP contribution in [0.4, 0.5) is 14.9 Å². The third-order valence-electron chi connectivity index (χ3n) is 6.68. The first kappa shape index (κ1) is 25.7. The first-order chi connectivity index (χ1) is 18.5. The molecule has 2 N–H and O–H groups in total. The number of benzene rings is 2. The highest BCUT2D eigenvalue weighted by Crippen LogP contribution is 2.41. The number of aliphatic carboxylic acids is 1. The molecule has 5 rings (SSSR count). The number of amides is 2. The maximum absolute atomic E-state index is 13.4. The molecule has 3 heterocycles. The average Bonchev–Trinajstić information content (AvgIpc) is 3.24. The van der Waals surface area contributed by atoms with Crippen LogP contribution in [0.15, 0.2) is 73.2 Å². The normalized spacial score (nSPS) is 14.3. The lowest BCUT2D eigenvalue weighted by molar-refractivity contribution is -0.130. The molecule has 39 heavy (non-hydrogen) atoms. The van der Waals surface area contributed by atoms with Gasteiger partial charge < -0.3 is 19.7 Å². The first-order valence-electron chi connectivity index (χ1n) is 12.1. The predicted molar refractivity (Wildman–Crippen MR) is 143 cm³/mol. The Bertz CT molecular complexity index is 1630. The van der Waals surface area contributed by atoms with Gasteiger partial charge in [0.05, 0.1) is 11.3 Å². The molecule has 9 nitrogen and oxygen atoms in total. The average molecular weight is 529 g/mol. The van der Waals surface area contributed by atoms with Gasteiger partial charge in [-0.3, -0.25) is 14.7 Å². The van der Waals surface area contributed by atoms with Crippen LogP contribution in [-0.2, 0) is 10.2 Å². The van der Waals surface area contributed by atoms with Crippen molar-refractivity contribution in [2.24, 2.45) is 0 Å². The van der Waals surface area contributed by atoms with Crippen LogP contribution in [0.1, 0.15) is 35.5 Å². The van der Waals surface area contributed by atoms with Crippen molar-refractivity contribution < 1.29 is 28.6 Å². The molecule has 0 atom stereocenters. The number of hydrogen-bond acceptors (Lipinski definition) is 5. The van der Waals surface area contributed by atoms with Crippen LogP contribution in [-0.4, -0.2) is 51.5 Å². The monoisotopic (exact) mass is 528 g/mol. The van der Waals surface area contributed by atoms with E-state index in [0.29, 0.717) is 22.5 Å². The van der Waals surface area contributed by atoms with Crippen LogP contribution in [0.5, 0.6) is 5.75 Å². The second-order valence-electron chi connectivity index (χ2n) is 9.89. The van der Waals surface area contributed by atoms with E-state index in [2.05, 4.69) is 9.97 Å². The Kier molecular flexibility index (Phi) is 6.39. The summed E-state index contributed by atoms with van der Waals surface area (Å²) >= 11 is 0. The van der Waals surface area contributed by atoms with Crippen molar-refractivity contribution in [2.75, 3.05) is 18.5 Å². The van der Waals surface area contributed by atoms with E-state index in [-0.39, 0.29) is 23.4 Å². The van der Waals surface area contributed by atoms with Crippen molar-refractivity contribution in [3.63, 3.8) is 0 Å². The van der Waals surface area contributed by atoms with Gasteiger partial charge in [-0.15, -0.1) is 0 Å². The van der Waals surface area contributed by atoms with E-state index in [0.717, 1.165) is 5.39 Å². The topological polar surface area (TPSA) is 116 Å². The Hall–Kier alpha value is -4.99. The quantitative estimate of drug-likeness (QED) is 0.376. The zero-order valence-electron chi connectivity index (χ0n) is 21.4. The zero-order valence-corrected chi connectivity index (χ0v) is 21.4. The molecule has 1 aliphatic heterocycles. The van der Waals surface area contributed by atoms with Gasteiger partial charge >= 0.3 is 12.1 Å². The summed E-state index contributed by atoms with van der Waals surface area (Å²) in [6.45, 7) is 4.01. The second kappa shape index (κ2) is 9.71. The van der Waals surface area contributed by atoms with Gasteiger partial charge in [0.15, 0.2) is 0 Å². The maximum Gasteiger partial charge on any atom is 0.419 e. The van der Waals surface area contributed by atoms with Crippen molar-refractivity contribution in [1.82, 2.24) is 14.9 Å². The van der Waals surface area contributed by atoms with Gasteiger partial charge in [-0.25, -0.2) is 14.0 Å². The molecule has 2 aromatic heterocycles. The highest BCUT2D eigenvalue weighted by Gasteiger charge is 2.37. The molecule has 0 spiro atoms. The number of rotatable bonds is 4. The number of carboxylic acid groups (broad SMARTS) is 1. The number of anilines is 1. The summed E-state index contributed by atoms with van der Waals surface area (Å²) in [6.07, 6.45) is 3.85. The van der Waals surface area contributed by atoms with Gasteiger partial charge in [0.2, 0.25) is 0 Å². The number of carbonyl (C=O) groups excluding carboxylic acids is 2. The number of carbonyl (C=O) groups is 3. The van der Waals surface area contributed by atoms with E-state index in [4.69, 9.17) is 4.74 Å². The van der Waals surface area contributed by atoms with Crippen LogP contribution in [0, 0.1) is 5.82 Å². The number of aromatic nitrogens is 2. The fraction of sp³-hybridized carbons (Fsp3) is 0.172. The van der Waals surface area contributed by atoms with Crippen LogP contribution in [0.25, 0.3) is 16.5 Å². The molecule has 4 aromatic rings. The van der Waals surface area contributed by atoms with Crippen LogP contribution in [0.3, 0.4) is 0 Å². The summed E-state index contributed by atoms with van der Waals surface area (Å²) in [5.41, 5.74) is 1.72. The maximum atomic E-state index is 13.4. The number of halogens is 1. The predicted octanol–water partition coefficient (Wildman–Crippen LogP) is 5.20. The number of fused-ring (bicyclic) bond motifs is 3. The highest BCUT2D eigenvalue weighted by molar-refractivity contribution is 6.17. The van der Waals surface area contributed by atoms with Crippen molar-refractivity contribution in [1.29, 1.82) is 0 Å². The molecule has 2 amide bonds. The SMILES string of the molecule is CN(C(=O)Oc1ccc2c3c([nH]c2c1)C(C(=O)O)=CN(C(=O)c1ccc(F)cc1)CC3(C)C)c1ccncc1. The lowest BCUT2D eigenvalue weighted by atomic mass is 9.81. The fourth-order valence-corrected chi connectivity index (χ4v) is 4.81. The van der Waals surface area contributed by atoms with Gasteiger partial charge in [-0.1, -0.05) is 13.8 Å². The summed E-state index contributed by atoms with van der Waals surface area (Å²) in [6, 6.07) is 13.5. The van der Waals surface area contributed by atoms with Crippen LogP contribution in [0.2, 0.25) is 0 Å². The third-order valence-corrected chi connectivity index (χ3v) is 6.68. The number of nitrogens with one attached hydrogen (secondary N) is 1. The summed E-state index contributed by atoms with van der Waals surface area (Å²) in [7, 11) is 1.58. The minimum atomic E-state index is -1.22. The number of ether oxygens (including phenoxy) is 1. The van der Waals surface area contributed by atoms with E-state index >= 15 is 0 Å². The van der Waals surface area contributed by atoms with Gasteiger partial charge in [-0.05, 0) is 54.1 Å². The molecule has 2 aromatic carbocycles. The minimum Gasteiger partial charge on any atom is -0.478 e. The second-order valence-corrected chi connectivity index (χ2v) is 9.89. The van der Waals surface area contributed by atoms with Crippen molar-refractivity contribution in [2.45, 2.75) is 19.3 Å². The van der Waals surface area contributed by atoms with Crippen LogP contribution >= 0.6 is 0 Å². The van der Waals surface area contributed by atoms with Gasteiger partial charge in [0.1, 0.15) is 11.6 Å². The number of nitrogens with zero attached hydrogens (tertiary/aromatic N) is 3. The Morgan fingerprint density at radius 3 is 2.44 bits per heavy atom. The molecule has 10 heteroatoms. The first-order valence-corrected chi connectivity index (χ1v) is 12.1. The van der Waals surface area contributed by atoms with E-state index in [1.54, 1.807) is 49.8 Å². The number of H-pyrrole nitrogens is 1. The molecular formula is C29H25FN4O5. The highest BCUT2D eigenvalue weighted by atomic mass is 19.1. The Balaban J connectivity index is 1.52. The van der Waals surface area contributed by atoms with Gasteiger partial charge in [0, 0.05) is 65.8 Å². The van der Waals surface area contributed by atoms with E-state index in [9.17, 15) is 23.9 Å². The molecule has 0 saturated heterocycles. The summed E-state index contributed by atoms with van der Waals surface area (Å²) < 4.78 is 19.0. The standard InChI is InChI=1S/C29H25FN4O5/c1-29(2)16-34(26(35)17-4-6-18(30)7-5-17)15-22(27(36)37)25-24(29)21-9-8-20(14-23(21)32-25)39-28(38)33(3)19-10-12-31-13-11-19/h4-15,32H,16H2,1-3H3,(H,36,37). The van der Waals surface area contributed by atoms with Gasteiger partial charge in [0.25, 0.3) is 5.91 Å². The van der Waals surface area contributed by atoms with E-state index < -0.39 is 29.2 Å². The number of hydrogen-bond donors (Lipinski definition) is 2. The smallest absolute Gasteiger partial charge is 0.419 e. The number of carboxylic acids is 1. The van der Waals surface area contributed by atoms with Crippen molar-refractivity contribution >= 4 is 40.1 Å². The molecule has 0 radical (unpaired) electrons. The molecule has 1 aliphatic rings. The zero-order chi connectivity index (χ0) is 27.9. The Morgan fingerprint density at radius 2 is 1.77 bits per heavy atom. The molecule has 0 saturated carbocycles. The van der Waals surface area contributed by atoms with E-state index in [1.807, 2.05) is 13.8 Å².